The number of benzene rings is 2. The third kappa shape index (κ3) is 3.63. The lowest BCUT2D eigenvalue weighted by Gasteiger charge is -2.28. The third-order valence-corrected chi connectivity index (χ3v) is 5.00. The van der Waals surface area contributed by atoms with Gasteiger partial charge >= 0.3 is 0 Å². The van der Waals surface area contributed by atoms with Crippen LogP contribution in [0.15, 0.2) is 40.9 Å². The van der Waals surface area contributed by atoms with Gasteiger partial charge in [0.2, 0.25) is 0 Å². The first-order chi connectivity index (χ1) is 12.0. The van der Waals surface area contributed by atoms with Crippen LogP contribution < -0.4 is 4.90 Å². The molecule has 0 bridgehead atoms. The Balaban J connectivity index is 2.05. The molecule has 0 amide bonds. The summed E-state index contributed by atoms with van der Waals surface area (Å²) in [6.45, 7) is 1.59. The molecule has 3 rings (SSSR count). The van der Waals surface area contributed by atoms with Crippen LogP contribution in [0.25, 0.3) is 11.1 Å². The molecule has 0 atom stereocenters. The van der Waals surface area contributed by atoms with Gasteiger partial charge in [-0.2, -0.15) is 0 Å². The highest BCUT2D eigenvalue weighted by Gasteiger charge is 2.22. The van der Waals surface area contributed by atoms with E-state index < -0.39 is 4.92 Å². The van der Waals surface area contributed by atoms with Crippen molar-refractivity contribution in [2.24, 2.45) is 0 Å². The fraction of sp³-hybridized carbons (Fsp3) is 0.294. The van der Waals surface area contributed by atoms with E-state index in [0.29, 0.717) is 10.2 Å². The lowest BCUT2D eigenvalue weighted by Crippen LogP contribution is -2.29. The van der Waals surface area contributed by atoms with E-state index in [1.165, 1.54) is 18.2 Å². The second kappa shape index (κ2) is 7.18. The Morgan fingerprint density at radius 1 is 0.920 bits per heavy atom. The molecular formula is C17H16BrN3O4. The summed E-state index contributed by atoms with van der Waals surface area (Å²) in [7, 11) is 0. The molecule has 0 N–H and O–H groups in total. The SMILES string of the molecule is O=[N+]([O-])c1ccc(-c2ccc([N+](=O)[O-])c(N3CCCCC3)c2)c(Br)c1. The summed E-state index contributed by atoms with van der Waals surface area (Å²) in [6, 6.07) is 9.52. The Labute approximate surface area is 152 Å². The Bertz CT molecular complexity index is 835. The van der Waals surface area contributed by atoms with Gasteiger partial charge in [0.05, 0.1) is 9.85 Å². The summed E-state index contributed by atoms with van der Waals surface area (Å²) >= 11 is 3.37. The highest BCUT2D eigenvalue weighted by Crippen LogP contribution is 2.38. The number of nitrogens with zero attached hydrogens (tertiary/aromatic N) is 3. The molecule has 1 fully saturated rings. The zero-order valence-corrected chi connectivity index (χ0v) is 14.9. The average Bonchev–Trinajstić information content (AvgIpc) is 2.61. The van der Waals surface area contributed by atoms with Crippen molar-refractivity contribution in [3.05, 3.63) is 61.1 Å². The molecule has 130 valence electrons. The van der Waals surface area contributed by atoms with E-state index >= 15 is 0 Å². The van der Waals surface area contributed by atoms with Crippen molar-refractivity contribution in [2.75, 3.05) is 18.0 Å². The highest BCUT2D eigenvalue weighted by molar-refractivity contribution is 9.10. The zero-order chi connectivity index (χ0) is 18.0. The van der Waals surface area contributed by atoms with E-state index in [1.807, 2.05) is 4.90 Å². The summed E-state index contributed by atoms with van der Waals surface area (Å²) in [5, 5.41) is 22.3. The molecule has 1 heterocycles. The van der Waals surface area contributed by atoms with E-state index in [4.69, 9.17) is 0 Å². The lowest BCUT2D eigenvalue weighted by atomic mass is 10.0. The van der Waals surface area contributed by atoms with Gasteiger partial charge in [-0.15, -0.1) is 0 Å². The van der Waals surface area contributed by atoms with Gasteiger partial charge in [-0.25, -0.2) is 0 Å². The normalized spacial score (nSPS) is 14.4. The smallest absolute Gasteiger partial charge is 0.292 e. The van der Waals surface area contributed by atoms with Gasteiger partial charge in [0.15, 0.2) is 0 Å². The third-order valence-electron chi connectivity index (χ3n) is 4.34. The van der Waals surface area contributed by atoms with E-state index in [2.05, 4.69) is 15.9 Å². The van der Waals surface area contributed by atoms with Gasteiger partial charge in [-0.05, 0) is 64.5 Å². The quantitative estimate of drug-likeness (QED) is 0.531. The van der Waals surface area contributed by atoms with Crippen LogP contribution in [0.3, 0.4) is 0 Å². The minimum atomic E-state index is -0.455. The number of hydrogen-bond donors (Lipinski definition) is 0. The minimum Gasteiger partial charge on any atom is -0.366 e. The number of nitro groups is 2. The van der Waals surface area contributed by atoms with Crippen LogP contribution in [0.1, 0.15) is 19.3 Å². The molecule has 0 radical (unpaired) electrons. The van der Waals surface area contributed by atoms with Gasteiger partial charge in [-0.1, -0.05) is 0 Å². The molecule has 0 spiro atoms. The van der Waals surface area contributed by atoms with E-state index in [-0.39, 0.29) is 16.3 Å². The first-order valence-electron chi connectivity index (χ1n) is 7.95. The van der Waals surface area contributed by atoms with Crippen molar-refractivity contribution < 1.29 is 9.85 Å². The van der Waals surface area contributed by atoms with Gasteiger partial charge in [0, 0.05) is 35.8 Å². The standard InChI is InChI=1S/C17H16BrN3O4/c18-15-11-13(20(22)23)5-6-14(15)12-4-7-16(21(24)25)17(10-12)19-8-2-1-3-9-19/h4-7,10-11H,1-3,8-9H2. The van der Waals surface area contributed by atoms with Crippen LogP contribution in [0.4, 0.5) is 17.1 Å². The second-order valence-electron chi connectivity index (χ2n) is 5.93. The Morgan fingerprint density at radius 3 is 2.24 bits per heavy atom. The number of anilines is 1. The molecule has 1 aliphatic heterocycles. The van der Waals surface area contributed by atoms with Crippen molar-refractivity contribution in [3.63, 3.8) is 0 Å². The largest absolute Gasteiger partial charge is 0.366 e. The molecule has 0 saturated carbocycles. The lowest BCUT2D eigenvalue weighted by molar-refractivity contribution is -0.385. The number of hydrogen-bond acceptors (Lipinski definition) is 5. The highest BCUT2D eigenvalue weighted by atomic mass is 79.9. The van der Waals surface area contributed by atoms with E-state index in [9.17, 15) is 20.2 Å². The molecule has 1 aliphatic rings. The maximum atomic E-state index is 11.4. The molecule has 0 aromatic heterocycles. The molecule has 2 aromatic carbocycles. The monoisotopic (exact) mass is 405 g/mol. The summed E-state index contributed by atoms with van der Waals surface area (Å²) in [6.07, 6.45) is 3.17. The number of non-ortho nitro benzene ring substituents is 1. The molecule has 2 aromatic rings. The number of rotatable bonds is 4. The maximum Gasteiger partial charge on any atom is 0.292 e. The van der Waals surface area contributed by atoms with Crippen molar-refractivity contribution in [2.45, 2.75) is 19.3 Å². The molecule has 0 unspecified atom stereocenters. The number of halogens is 1. The fourth-order valence-electron chi connectivity index (χ4n) is 3.09. The van der Waals surface area contributed by atoms with Crippen LogP contribution in [0.5, 0.6) is 0 Å². The molecule has 0 aliphatic carbocycles. The van der Waals surface area contributed by atoms with Gasteiger partial charge in [0.1, 0.15) is 5.69 Å². The summed E-state index contributed by atoms with van der Waals surface area (Å²) in [5.41, 5.74) is 2.23. The molecule has 7 nitrogen and oxygen atoms in total. The minimum absolute atomic E-state index is 0.00575. The zero-order valence-electron chi connectivity index (χ0n) is 13.4. The Kier molecular flexibility index (Phi) is 4.98. The molecule has 1 saturated heterocycles. The molecule has 25 heavy (non-hydrogen) atoms. The van der Waals surface area contributed by atoms with Crippen LogP contribution in [0.2, 0.25) is 0 Å². The first-order valence-corrected chi connectivity index (χ1v) is 8.74. The molecule has 8 heteroatoms. The van der Waals surface area contributed by atoms with Crippen LogP contribution in [-0.4, -0.2) is 22.9 Å². The van der Waals surface area contributed by atoms with Crippen molar-refractivity contribution in [3.8, 4) is 11.1 Å². The van der Waals surface area contributed by atoms with E-state index in [0.717, 1.165) is 43.5 Å². The Morgan fingerprint density at radius 2 is 1.64 bits per heavy atom. The summed E-state index contributed by atoms with van der Waals surface area (Å²) in [4.78, 5) is 23.5. The predicted molar refractivity (Wildman–Crippen MR) is 99.0 cm³/mol. The Hall–Kier alpha value is -2.48. The van der Waals surface area contributed by atoms with Crippen LogP contribution >= 0.6 is 15.9 Å². The maximum absolute atomic E-state index is 11.4. The molecular weight excluding hydrogens is 390 g/mol. The van der Waals surface area contributed by atoms with Crippen molar-refractivity contribution >= 4 is 33.0 Å². The van der Waals surface area contributed by atoms with Crippen molar-refractivity contribution in [1.82, 2.24) is 0 Å². The first kappa shape index (κ1) is 17.3. The summed E-state index contributed by atoms with van der Waals surface area (Å²) in [5.74, 6) is 0. The van der Waals surface area contributed by atoms with Crippen molar-refractivity contribution in [1.29, 1.82) is 0 Å². The predicted octanol–water partition coefficient (Wildman–Crippen LogP) is 4.92. The topological polar surface area (TPSA) is 89.5 Å². The number of piperidine rings is 1. The van der Waals surface area contributed by atoms with Gasteiger partial charge in [0.25, 0.3) is 11.4 Å². The average molecular weight is 406 g/mol. The fourth-order valence-corrected chi connectivity index (χ4v) is 3.68. The summed E-state index contributed by atoms with van der Waals surface area (Å²) < 4.78 is 0.583. The second-order valence-corrected chi connectivity index (χ2v) is 6.78. The van der Waals surface area contributed by atoms with Gasteiger partial charge in [-0.3, -0.25) is 20.2 Å². The van der Waals surface area contributed by atoms with Crippen LogP contribution in [0, 0.1) is 20.2 Å². The van der Waals surface area contributed by atoms with Gasteiger partial charge < -0.3 is 4.90 Å². The van der Waals surface area contributed by atoms with Crippen LogP contribution in [-0.2, 0) is 0 Å². The van der Waals surface area contributed by atoms with E-state index in [1.54, 1.807) is 18.2 Å². The number of nitro benzene ring substituents is 2.